The molecule has 0 atom stereocenters. The topological polar surface area (TPSA) is 93.5 Å². The first-order valence-corrected chi connectivity index (χ1v) is 9.74. The van der Waals surface area contributed by atoms with Crippen LogP contribution in [0.3, 0.4) is 0 Å². The third-order valence-corrected chi connectivity index (χ3v) is 5.03. The van der Waals surface area contributed by atoms with E-state index in [1.807, 2.05) is 0 Å². The average molecular weight is 384 g/mol. The van der Waals surface area contributed by atoms with Crippen LogP contribution >= 0.6 is 11.6 Å². The average Bonchev–Trinajstić information content (AvgIpc) is 2.87. The Morgan fingerprint density at radius 2 is 1.92 bits per heavy atom. The van der Waals surface area contributed by atoms with Crippen molar-refractivity contribution in [3.63, 3.8) is 0 Å². The first-order valence-electron chi connectivity index (χ1n) is 7.47. The van der Waals surface area contributed by atoms with Crippen LogP contribution in [0.5, 0.6) is 0 Å². The summed E-state index contributed by atoms with van der Waals surface area (Å²) in [7, 11) is -3.40. The van der Waals surface area contributed by atoms with Gasteiger partial charge in [0.15, 0.2) is 15.6 Å². The van der Waals surface area contributed by atoms with Gasteiger partial charge in [0.2, 0.25) is 5.91 Å². The summed E-state index contributed by atoms with van der Waals surface area (Å²) in [5, 5.41) is 2.84. The number of anilines is 1. The smallest absolute Gasteiger partial charge is 0.224 e. The number of amides is 1. The molecule has 0 unspecified atom stereocenters. The van der Waals surface area contributed by atoms with E-state index in [1.54, 1.807) is 13.0 Å². The predicted molar refractivity (Wildman–Crippen MR) is 95.0 cm³/mol. The van der Waals surface area contributed by atoms with E-state index >= 15 is 0 Å². The highest BCUT2D eigenvalue weighted by molar-refractivity contribution is 7.90. The summed E-state index contributed by atoms with van der Waals surface area (Å²) >= 11 is 6.00. The van der Waals surface area contributed by atoms with Gasteiger partial charge in [-0.1, -0.05) is 11.6 Å². The molecule has 0 aliphatic heterocycles. The molecule has 0 radical (unpaired) electrons. The van der Waals surface area contributed by atoms with Gasteiger partial charge in [-0.05, 0) is 38.1 Å². The molecule has 1 heterocycles. The van der Waals surface area contributed by atoms with Crippen LogP contribution < -0.4 is 5.32 Å². The lowest BCUT2D eigenvalue weighted by Crippen LogP contribution is -2.13. The van der Waals surface area contributed by atoms with E-state index in [9.17, 15) is 18.0 Å². The number of benzene rings is 1. The summed E-state index contributed by atoms with van der Waals surface area (Å²) in [5.41, 5.74) is 0.731. The molecule has 0 bridgehead atoms. The molecule has 0 fully saturated rings. The van der Waals surface area contributed by atoms with Crippen molar-refractivity contribution in [1.29, 1.82) is 0 Å². The largest absolute Gasteiger partial charge is 0.466 e. The van der Waals surface area contributed by atoms with Crippen LogP contribution in [0.2, 0.25) is 5.02 Å². The van der Waals surface area contributed by atoms with Gasteiger partial charge >= 0.3 is 0 Å². The Kier molecular flexibility index (Phi) is 5.69. The number of hydrogen-bond donors (Lipinski definition) is 1. The van der Waals surface area contributed by atoms with Crippen LogP contribution in [0.25, 0.3) is 0 Å². The molecular weight excluding hydrogens is 366 g/mol. The van der Waals surface area contributed by atoms with Crippen LogP contribution in [0.4, 0.5) is 5.69 Å². The van der Waals surface area contributed by atoms with Gasteiger partial charge in [-0.15, -0.1) is 0 Å². The van der Waals surface area contributed by atoms with Gasteiger partial charge in [-0.3, -0.25) is 9.59 Å². The van der Waals surface area contributed by atoms with Crippen LogP contribution in [0, 0.1) is 6.92 Å². The van der Waals surface area contributed by atoms with Crippen LogP contribution in [-0.4, -0.2) is 26.4 Å². The number of rotatable bonds is 6. The van der Waals surface area contributed by atoms with Gasteiger partial charge in [0.1, 0.15) is 11.5 Å². The summed E-state index contributed by atoms with van der Waals surface area (Å²) in [6.45, 7) is 3.14. The second-order valence-electron chi connectivity index (χ2n) is 5.70. The first kappa shape index (κ1) is 19.2. The summed E-state index contributed by atoms with van der Waals surface area (Å²) < 4.78 is 28.6. The lowest BCUT2D eigenvalue weighted by atomic mass is 10.1. The van der Waals surface area contributed by atoms with E-state index in [0.717, 1.165) is 6.26 Å². The number of furan rings is 1. The van der Waals surface area contributed by atoms with Crippen molar-refractivity contribution in [3.05, 3.63) is 46.4 Å². The Hall–Kier alpha value is -2.12. The van der Waals surface area contributed by atoms with Crippen molar-refractivity contribution in [2.45, 2.75) is 31.6 Å². The monoisotopic (exact) mass is 383 g/mol. The Morgan fingerprint density at radius 1 is 1.24 bits per heavy atom. The van der Waals surface area contributed by atoms with Crippen LogP contribution in [0.15, 0.2) is 33.6 Å². The number of aryl methyl sites for hydroxylation is 2. The molecule has 1 amide bonds. The second-order valence-corrected chi connectivity index (χ2v) is 8.12. The van der Waals surface area contributed by atoms with E-state index in [4.69, 9.17) is 16.0 Å². The molecule has 8 heteroatoms. The zero-order valence-corrected chi connectivity index (χ0v) is 15.6. The maximum atomic E-state index is 12.1. The SMILES string of the molecule is CC(=O)c1cc(CCC(=O)Nc2cc(S(C)(=O)=O)ccc2Cl)oc1C. The Bertz CT molecular complexity index is 931. The van der Waals surface area contributed by atoms with E-state index in [2.05, 4.69) is 5.32 Å². The van der Waals surface area contributed by atoms with E-state index in [0.29, 0.717) is 23.5 Å². The fraction of sp³-hybridized carbons (Fsp3) is 0.294. The van der Waals surface area contributed by atoms with Crippen molar-refractivity contribution in [2.75, 3.05) is 11.6 Å². The van der Waals surface area contributed by atoms with Crippen LogP contribution in [0.1, 0.15) is 35.2 Å². The Balaban J connectivity index is 2.06. The number of ketones is 1. The number of nitrogens with one attached hydrogen (secondary N) is 1. The highest BCUT2D eigenvalue weighted by atomic mass is 35.5. The molecule has 1 aromatic carbocycles. The van der Waals surface area contributed by atoms with Gasteiger partial charge in [0.05, 0.1) is 21.2 Å². The molecule has 1 N–H and O–H groups in total. The quantitative estimate of drug-likeness (QED) is 0.771. The van der Waals surface area contributed by atoms with E-state index < -0.39 is 9.84 Å². The molecule has 1 aromatic heterocycles. The second kappa shape index (κ2) is 7.41. The number of carbonyl (C=O) groups excluding carboxylic acids is 2. The number of sulfone groups is 1. The molecule has 0 saturated heterocycles. The molecule has 0 aliphatic carbocycles. The fourth-order valence-corrected chi connectivity index (χ4v) is 3.11. The Labute approximate surface area is 151 Å². The third-order valence-electron chi connectivity index (χ3n) is 3.59. The number of Topliss-reactive ketones (excluding diaryl/α,β-unsaturated/α-hetero) is 1. The summed E-state index contributed by atoms with van der Waals surface area (Å²) in [4.78, 5) is 23.6. The van der Waals surface area contributed by atoms with Gasteiger partial charge < -0.3 is 9.73 Å². The van der Waals surface area contributed by atoms with Crippen LogP contribution in [-0.2, 0) is 21.1 Å². The highest BCUT2D eigenvalue weighted by Crippen LogP contribution is 2.25. The highest BCUT2D eigenvalue weighted by Gasteiger charge is 2.14. The van der Waals surface area contributed by atoms with E-state index in [1.165, 1.54) is 25.1 Å². The molecule has 0 spiro atoms. The minimum atomic E-state index is -3.40. The molecular formula is C17H18ClNO5S. The molecule has 0 saturated carbocycles. The molecule has 0 aliphatic rings. The lowest BCUT2D eigenvalue weighted by Gasteiger charge is -2.08. The number of hydrogen-bond acceptors (Lipinski definition) is 5. The van der Waals surface area contributed by atoms with Crippen molar-refractivity contribution in [3.8, 4) is 0 Å². The zero-order chi connectivity index (χ0) is 18.8. The van der Waals surface area contributed by atoms with Gasteiger partial charge in [0.25, 0.3) is 0 Å². The summed E-state index contributed by atoms with van der Waals surface area (Å²) in [6.07, 6.45) is 1.49. The molecule has 134 valence electrons. The zero-order valence-electron chi connectivity index (χ0n) is 14.1. The normalized spacial score (nSPS) is 11.4. The van der Waals surface area contributed by atoms with Crippen molar-refractivity contribution in [1.82, 2.24) is 0 Å². The third kappa shape index (κ3) is 4.93. The fourth-order valence-electron chi connectivity index (χ4n) is 2.30. The van der Waals surface area contributed by atoms with Gasteiger partial charge in [0, 0.05) is 19.1 Å². The minimum absolute atomic E-state index is 0.0694. The summed E-state index contributed by atoms with van der Waals surface area (Å²) in [6, 6.07) is 5.74. The maximum absolute atomic E-state index is 12.1. The predicted octanol–water partition coefficient (Wildman–Crippen LogP) is 3.42. The molecule has 2 aromatic rings. The van der Waals surface area contributed by atoms with Crippen molar-refractivity contribution in [2.24, 2.45) is 0 Å². The maximum Gasteiger partial charge on any atom is 0.224 e. The van der Waals surface area contributed by atoms with Crippen molar-refractivity contribution < 1.29 is 22.4 Å². The number of carbonyl (C=O) groups is 2. The standard InChI is InChI=1S/C17H18ClNO5S/c1-10(20)14-8-12(24-11(14)2)4-7-17(21)19-16-9-13(25(3,22)23)5-6-15(16)18/h5-6,8-9H,4,7H2,1-3H3,(H,19,21). The molecule has 6 nitrogen and oxygen atoms in total. The molecule has 25 heavy (non-hydrogen) atoms. The Morgan fingerprint density at radius 3 is 2.48 bits per heavy atom. The minimum Gasteiger partial charge on any atom is -0.466 e. The van der Waals surface area contributed by atoms with Gasteiger partial charge in [-0.2, -0.15) is 0 Å². The summed E-state index contributed by atoms with van der Waals surface area (Å²) in [5.74, 6) is 0.618. The molecule has 2 rings (SSSR count). The number of halogens is 1. The van der Waals surface area contributed by atoms with Gasteiger partial charge in [-0.25, -0.2) is 8.42 Å². The van der Waals surface area contributed by atoms with E-state index in [-0.39, 0.29) is 33.7 Å². The lowest BCUT2D eigenvalue weighted by molar-refractivity contribution is -0.116. The van der Waals surface area contributed by atoms with Crippen molar-refractivity contribution >= 4 is 38.8 Å². The first-order chi connectivity index (χ1) is 11.6.